The molecular weight excluding hydrogens is 653 g/mol. The summed E-state index contributed by atoms with van der Waals surface area (Å²) in [5.41, 5.74) is 2.63. The highest BCUT2D eigenvalue weighted by Crippen LogP contribution is 2.29. The van der Waals surface area contributed by atoms with Crippen LogP contribution in [0.2, 0.25) is 0 Å². The van der Waals surface area contributed by atoms with Crippen LogP contribution in [0.5, 0.6) is 11.5 Å². The van der Waals surface area contributed by atoms with Crippen LogP contribution < -0.4 is 9.47 Å². The number of rotatable bonds is 24. The fourth-order valence-electron chi connectivity index (χ4n) is 5.97. The summed E-state index contributed by atoms with van der Waals surface area (Å²) in [7, 11) is 0. The lowest BCUT2D eigenvalue weighted by atomic mass is 10.0. The van der Waals surface area contributed by atoms with Gasteiger partial charge in [-0.1, -0.05) is 128 Å². The van der Waals surface area contributed by atoms with Crippen molar-refractivity contribution in [2.75, 3.05) is 6.61 Å². The van der Waals surface area contributed by atoms with Crippen LogP contribution in [0.4, 0.5) is 13.2 Å². The van der Waals surface area contributed by atoms with E-state index in [0.717, 1.165) is 49.0 Å². The Morgan fingerprint density at radius 2 is 1.10 bits per heavy atom. The number of esters is 2. The first-order chi connectivity index (χ1) is 24.6. The van der Waals surface area contributed by atoms with E-state index >= 15 is 0 Å². The molecule has 0 saturated heterocycles. The van der Waals surface area contributed by atoms with Gasteiger partial charge in [-0.3, -0.25) is 0 Å². The maximum atomic E-state index is 13.6. The van der Waals surface area contributed by atoms with E-state index in [0.29, 0.717) is 30.6 Å². The highest BCUT2D eigenvalue weighted by atomic mass is 19.4. The molecule has 0 bridgehead atoms. The average molecular weight is 711 g/mol. The van der Waals surface area contributed by atoms with Crippen molar-refractivity contribution in [2.24, 2.45) is 0 Å². The summed E-state index contributed by atoms with van der Waals surface area (Å²) < 4.78 is 57.2. The van der Waals surface area contributed by atoms with Gasteiger partial charge in [0.05, 0.1) is 17.7 Å². The number of unbranched alkanes of at least 4 members (excludes halogenated alkanes) is 14. The van der Waals surface area contributed by atoms with E-state index in [9.17, 15) is 22.8 Å². The molecule has 280 valence electrons. The molecule has 8 heteroatoms. The van der Waals surface area contributed by atoms with Gasteiger partial charge in [0.2, 0.25) is 0 Å². The SMILES string of the molecule is CCCCCCCCCCCCOc1ccc(-c2ccc(C(=O)Oc3ccc(C(=O)O[C@@H](CCCCCCCC)C(F)(F)F)cc3C)cc2)cc1. The standard InChI is InChI=1S/C43H57F3O5/c1-4-6-8-10-12-13-14-15-17-19-31-49-38-28-25-35(26-29-38)34-21-23-36(24-22-34)41(47)50-39-30-27-37(32-33(39)3)42(48)51-40(43(44,45)46)20-18-16-11-9-7-5-2/h21-30,32,40H,4-20,31H2,1-3H3/t40-/m0/s1. The average Bonchev–Trinajstić information content (AvgIpc) is 3.12. The van der Waals surface area contributed by atoms with Gasteiger partial charge in [-0.25, -0.2) is 9.59 Å². The second-order valence-corrected chi connectivity index (χ2v) is 13.5. The van der Waals surface area contributed by atoms with E-state index < -0.39 is 24.2 Å². The number of ether oxygens (including phenoxy) is 3. The molecule has 3 aromatic carbocycles. The number of carbonyl (C=O) groups is 2. The number of alkyl halides is 3. The number of aryl methyl sites for hydroxylation is 1. The van der Waals surface area contributed by atoms with Gasteiger partial charge in [0.25, 0.3) is 0 Å². The van der Waals surface area contributed by atoms with Crippen LogP contribution in [-0.2, 0) is 4.74 Å². The second kappa shape index (κ2) is 22.9. The zero-order valence-corrected chi connectivity index (χ0v) is 30.8. The summed E-state index contributed by atoms with van der Waals surface area (Å²) in [6, 6.07) is 19.0. The Bertz CT molecular complexity index is 1430. The van der Waals surface area contributed by atoms with Gasteiger partial charge < -0.3 is 14.2 Å². The lowest BCUT2D eigenvalue weighted by molar-refractivity contribution is -0.206. The highest BCUT2D eigenvalue weighted by Gasteiger charge is 2.42. The van der Waals surface area contributed by atoms with Gasteiger partial charge in [-0.2, -0.15) is 13.2 Å². The lowest BCUT2D eigenvalue weighted by Gasteiger charge is -2.21. The first-order valence-electron chi connectivity index (χ1n) is 19.1. The molecule has 5 nitrogen and oxygen atoms in total. The second-order valence-electron chi connectivity index (χ2n) is 13.5. The molecule has 3 rings (SSSR count). The lowest BCUT2D eigenvalue weighted by Crippen LogP contribution is -2.33. The van der Waals surface area contributed by atoms with Crippen molar-refractivity contribution in [1.29, 1.82) is 0 Å². The third kappa shape index (κ3) is 15.5. The van der Waals surface area contributed by atoms with Crippen LogP contribution in [0.25, 0.3) is 11.1 Å². The summed E-state index contributed by atoms with van der Waals surface area (Å²) in [6.07, 6.45) is 10.7. The molecule has 0 aliphatic rings. The van der Waals surface area contributed by atoms with E-state index in [1.165, 1.54) is 76.0 Å². The summed E-state index contributed by atoms with van der Waals surface area (Å²) in [5, 5.41) is 0. The molecule has 0 radical (unpaired) electrons. The van der Waals surface area contributed by atoms with Gasteiger partial charge in [0.1, 0.15) is 11.5 Å². The number of halogens is 3. The first kappa shape index (κ1) is 41.6. The molecule has 0 saturated carbocycles. The fourth-order valence-corrected chi connectivity index (χ4v) is 5.97. The zero-order valence-electron chi connectivity index (χ0n) is 30.8. The number of benzene rings is 3. The van der Waals surface area contributed by atoms with Gasteiger partial charge >= 0.3 is 18.1 Å². The van der Waals surface area contributed by atoms with Crippen molar-refractivity contribution in [3.05, 3.63) is 83.4 Å². The van der Waals surface area contributed by atoms with E-state index in [1.807, 2.05) is 36.4 Å². The summed E-state index contributed by atoms with van der Waals surface area (Å²) >= 11 is 0. The minimum atomic E-state index is -4.65. The molecule has 0 N–H and O–H groups in total. The van der Waals surface area contributed by atoms with Crippen molar-refractivity contribution in [2.45, 2.75) is 142 Å². The van der Waals surface area contributed by atoms with Crippen molar-refractivity contribution in [1.82, 2.24) is 0 Å². The summed E-state index contributed by atoms with van der Waals surface area (Å²) in [5.74, 6) is -0.619. The van der Waals surface area contributed by atoms with Crippen LogP contribution in [-0.4, -0.2) is 30.8 Å². The van der Waals surface area contributed by atoms with E-state index in [4.69, 9.17) is 14.2 Å². The van der Waals surface area contributed by atoms with Crippen molar-refractivity contribution >= 4 is 11.9 Å². The van der Waals surface area contributed by atoms with Crippen molar-refractivity contribution in [3.8, 4) is 22.6 Å². The molecule has 0 spiro atoms. The van der Waals surface area contributed by atoms with Crippen LogP contribution in [0.15, 0.2) is 66.7 Å². The molecule has 0 fully saturated rings. The molecule has 0 unspecified atom stereocenters. The molecule has 0 amide bonds. The Labute approximate surface area is 303 Å². The molecule has 0 aliphatic heterocycles. The Hall–Kier alpha value is -3.81. The maximum Gasteiger partial charge on any atom is 0.425 e. The fraction of sp³-hybridized carbons (Fsp3) is 0.535. The predicted octanol–water partition coefficient (Wildman–Crippen LogP) is 13.0. The minimum absolute atomic E-state index is 0.0379. The van der Waals surface area contributed by atoms with Crippen LogP contribution >= 0.6 is 0 Å². The molecule has 51 heavy (non-hydrogen) atoms. The predicted molar refractivity (Wildman–Crippen MR) is 199 cm³/mol. The molecule has 1 atom stereocenters. The Morgan fingerprint density at radius 1 is 0.608 bits per heavy atom. The van der Waals surface area contributed by atoms with Crippen LogP contribution in [0.1, 0.15) is 149 Å². The number of hydrogen-bond acceptors (Lipinski definition) is 5. The van der Waals surface area contributed by atoms with Crippen molar-refractivity contribution in [3.63, 3.8) is 0 Å². The minimum Gasteiger partial charge on any atom is -0.494 e. The smallest absolute Gasteiger partial charge is 0.425 e. The maximum absolute atomic E-state index is 13.6. The molecule has 3 aromatic rings. The Balaban J connectivity index is 1.44. The Morgan fingerprint density at radius 3 is 1.63 bits per heavy atom. The largest absolute Gasteiger partial charge is 0.494 e. The first-order valence-corrected chi connectivity index (χ1v) is 19.1. The highest BCUT2D eigenvalue weighted by molar-refractivity contribution is 5.93. The van der Waals surface area contributed by atoms with Gasteiger partial charge in [0, 0.05) is 0 Å². The van der Waals surface area contributed by atoms with Crippen LogP contribution in [0.3, 0.4) is 0 Å². The molecular formula is C43H57F3O5. The van der Waals surface area contributed by atoms with Crippen molar-refractivity contribution < 1.29 is 37.0 Å². The molecule has 0 heterocycles. The Kier molecular flexibility index (Phi) is 18.7. The number of carbonyl (C=O) groups excluding carboxylic acids is 2. The zero-order chi connectivity index (χ0) is 36.9. The van der Waals surface area contributed by atoms with Gasteiger partial charge in [0.15, 0.2) is 6.10 Å². The topological polar surface area (TPSA) is 61.8 Å². The quantitative estimate of drug-likeness (QED) is 0.0526. The monoisotopic (exact) mass is 710 g/mol. The normalized spacial score (nSPS) is 12.0. The van der Waals surface area contributed by atoms with E-state index in [2.05, 4.69) is 13.8 Å². The van der Waals surface area contributed by atoms with Gasteiger partial charge in [-0.05, 0) is 85.3 Å². The number of hydrogen-bond donors (Lipinski definition) is 0. The van der Waals surface area contributed by atoms with E-state index in [1.54, 1.807) is 19.1 Å². The van der Waals surface area contributed by atoms with Crippen LogP contribution in [0, 0.1) is 6.92 Å². The third-order valence-corrected chi connectivity index (χ3v) is 9.12. The summed E-state index contributed by atoms with van der Waals surface area (Å²) in [4.78, 5) is 25.6. The third-order valence-electron chi connectivity index (χ3n) is 9.12. The summed E-state index contributed by atoms with van der Waals surface area (Å²) in [6.45, 7) is 6.64. The molecule has 0 aliphatic carbocycles. The van der Waals surface area contributed by atoms with E-state index in [-0.39, 0.29) is 17.7 Å². The molecule has 0 aromatic heterocycles. The van der Waals surface area contributed by atoms with Gasteiger partial charge in [-0.15, -0.1) is 0 Å².